The fourth-order valence-electron chi connectivity index (χ4n) is 4.15. The van der Waals surface area contributed by atoms with E-state index < -0.39 is 6.04 Å². The van der Waals surface area contributed by atoms with Gasteiger partial charge in [-0.15, -0.1) is 22.9 Å². The summed E-state index contributed by atoms with van der Waals surface area (Å²) in [5.41, 5.74) is 0.652. The monoisotopic (exact) mass is 478 g/mol. The minimum atomic E-state index is -0.831. The molecule has 0 unspecified atom stereocenters. The van der Waals surface area contributed by atoms with Gasteiger partial charge in [-0.1, -0.05) is 19.1 Å². The molecule has 1 N–H and O–H groups in total. The van der Waals surface area contributed by atoms with Crippen LogP contribution in [0.15, 0.2) is 35.7 Å². The maximum atomic E-state index is 13.6. The predicted octanol–water partition coefficient (Wildman–Crippen LogP) is 4.77. The fraction of sp³-hybridized carbons (Fsp3) is 0.500. The van der Waals surface area contributed by atoms with Gasteiger partial charge in [0.15, 0.2) is 11.5 Å². The van der Waals surface area contributed by atoms with Gasteiger partial charge in [0.25, 0.3) is 0 Å². The number of ether oxygens (including phenoxy) is 2. The highest BCUT2D eigenvalue weighted by molar-refractivity contribution is 7.09. The average molecular weight is 479 g/mol. The van der Waals surface area contributed by atoms with Gasteiger partial charge in [0, 0.05) is 10.9 Å². The molecule has 1 heterocycles. The number of nitrogens with zero attached hydrogens (tertiary/aromatic N) is 1. The van der Waals surface area contributed by atoms with Crippen LogP contribution in [0.5, 0.6) is 11.5 Å². The number of amides is 2. The van der Waals surface area contributed by atoms with Gasteiger partial charge in [0.2, 0.25) is 11.8 Å². The predicted molar refractivity (Wildman–Crippen MR) is 127 cm³/mol. The largest absolute Gasteiger partial charge is 0.493 e. The SMILES string of the molecule is COc1ccc([C@H](C(=O)NC2CCC(C)CC2)N(Cc2cccs2)C(=O)CCl)cc1OC. The first-order valence-corrected chi connectivity index (χ1v) is 12.3. The van der Waals surface area contributed by atoms with Crippen molar-refractivity contribution in [3.05, 3.63) is 46.2 Å². The number of halogens is 1. The first kappa shape index (κ1) is 24.4. The number of benzene rings is 1. The van der Waals surface area contributed by atoms with Crippen LogP contribution in [0.4, 0.5) is 0 Å². The summed E-state index contributed by atoms with van der Waals surface area (Å²) in [5.74, 6) is 1.04. The Balaban J connectivity index is 1.96. The summed E-state index contributed by atoms with van der Waals surface area (Å²) < 4.78 is 10.8. The minimum Gasteiger partial charge on any atom is -0.493 e. The number of thiophene rings is 1. The van der Waals surface area contributed by atoms with Crippen molar-refractivity contribution >= 4 is 34.8 Å². The van der Waals surface area contributed by atoms with Crippen LogP contribution in [0.25, 0.3) is 0 Å². The maximum Gasteiger partial charge on any atom is 0.247 e. The van der Waals surface area contributed by atoms with E-state index in [1.807, 2.05) is 17.5 Å². The Morgan fingerprint density at radius 1 is 1.16 bits per heavy atom. The van der Waals surface area contributed by atoms with E-state index >= 15 is 0 Å². The molecule has 1 aromatic carbocycles. The van der Waals surface area contributed by atoms with Crippen LogP contribution in [-0.2, 0) is 16.1 Å². The van der Waals surface area contributed by atoms with E-state index in [1.165, 1.54) is 11.3 Å². The summed E-state index contributed by atoms with van der Waals surface area (Å²) >= 11 is 7.51. The van der Waals surface area contributed by atoms with Gasteiger partial charge in [-0.2, -0.15) is 0 Å². The molecule has 1 saturated carbocycles. The van der Waals surface area contributed by atoms with Crippen LogP contribution in [0.2, 0.25) is 0 Å². The minimum absolute atomic E-state index is 0.107. The Hall–Kier alpha value is -2.25. The lowest BCUT2D eigenvalue weighted by atomic mass is 9.87. The molecule has 0 saturated heterocycles. The van der Waals surface area contributed by atoms with Crippen molar-refractivity contribution in [2.24, 2.45) is 5.92 Å². The van der Waals surface area contributed by atoms with Crippen molar-refractivity contribution in [1.82, 2.24) is 10.2 Å². The lowest BCUT2D eigenvalue weighted by Crippen LogP contribution is -2.47. The molecule has 1 fully saturated rings. The Morgan fingerprint density at radius 3 is 2.47 bits per heavy atom. The molecule has 0 aliphatic heterocycles. The Morgan fingerprint density at radius 2 is 1.88 bits per heavy atom. The van der Waals surface area contributed by atoms with E-state index in [0.717, 1.165) is 30.6 Å². The molecule has 1 aliphatic rings. The van der Waals surface area contributed by atoms with Gasteiger partial charge < -0.3 is 19.7 Å². The number of nitrogens with one attached hydrogen (secondary N) is 1. The van der Waals surface area contributed by atoms with Crippen LogP contribution in [0.3, 0.4) is 0 Å². The standard InChI is InChI=1S/C24H31ClN2O4S/c1-16-6-9-18(10-7-16)26-24(29)23(17-8-11-20(30-2)21(13-17)31-3)27(22(28)14-25)15-19-5-4-12-32-19/h4-5,8,11-13,16,18,23H,6-7,9-10,14-15H2,1-3H3,(H,26,29)/t16?,18?,23-/m1/s1. The number of hydrogen-bond acceptors (Lipinski definition) is 5. The molecule has 174 valence electrons. The zero-order valence-electron chi connectivity index (χ0n) is 18.8. The number of alkyl halides is 1. The second-order valence-electron chi connectivity index (χ2n) is 8.22. The molecule has 8 heteroatoms. The molecule has 0 spiro atoms. The third kappa shape index (κ3) is 5.95. The normalized spacial score (nSPS) is 19.1. The topological polar surface area (TPSA) is 67.9 Å². The Labute approximate surface area is 198 Å². The van der Waals surface area contributed by atoms with Gasteiger partial charge in [-0.05, 0) is 60.7 Å². The Kier molecular flexibility index (Phi) is 8.82. The third-order valence-electron chi connectivity index (χ3n) is 5.99. The molecule has 2 aromatic rings. The summed E-state index contributed by atoms with van der Waals surface area (Å²) in [4.78, 5) is 29.1. The first-order valence-electron chi connectivity index (χ1n) is 10.9. The van der Waals surface area contributed by atoms with Crippen molar-refractivity contribution in [1.29, 1.82) is 0 Å². The molecule has 1 aromatic heterocycles. The number of carbonyl (C=O) groups is 2. The van der Waals surface area contributed by atoms with E-state index in [2.05, 4.69) is 12.2 Å². The smallest absolute Gasteiger partial charge is 0.247 e. The molecular formula is C24H31ClN2O4S. The van der Waals surface area contributed by atoms with Crippen LogP contribution in [0.1, 0.15) is 49.1 Å². The van der Waals surface area contributed by atoms with Crippen LogP contribution >= 0.6 is 22.9 Å². The number of rotatable bonds is 9. The van der Waals surface area contributed by atoms with Crippen molar-refractivity contribution in [3.63, 3.8) is 0 Å². The summed E-state index contributed by atoms with van der Waals surface area (Å²) in [7, 11) is 3.11. The fourth-order valence-corrected chi connectivity index (χ4v) is 5.01. The van der Waals surface area contributed by atoms with Gasteiger partial charge >= 0.3 is 0 Å². The third-order valence-corrected chi connectivity index (χ3v) is 7.08. The van der Waals surface area contributed by atoms with Crippen LogP contribution in [0, 0.1) is 5.92 Å². The molecule has 3 rings (SSSR count). The first-order chi connectivity index (χ1) is 15.5. The molecule has 1 aliphatic carbocycles. The summed E-state index contributed by atoms with van der Waals surface area (Å²) in [6.07, 6.45) is 4.07. The highest BCUT2D eigenvalue weighted by atomic mass is 35.5. The second kappa shape index (κ2) is 11.6. The Bertz CT molecular complexity index is 897. The number of hydrogen-bond donors (Lipinski definition) is 1. The van der Waals surface area contributed by atoms with Crippen molar-refractivity contribution < 1.29 is 19.1 Å². The number of methoxy groups -OCH3 is 2. The molecule has 0 bridgehead atoms. The molecule has 0 radical (unpaired) electrons. The quantitative estimate of drug-likeness (QED) is 0.527. The van der Waals surface area contributed by atoms with E-state index in [-0.39, 0.29) is 23.7 Å². The van der Waals surface area contributed by atoms with Crippen LogP contribution < -0.4 is 14.8 Å². The average Bonchev–Trinajstić information content (AvgIpc) is 3.32. The van der Waals surface area contributed by atoms with Crippen LogP contribution in [-0.4, -0.2) is 42.9 Å². The van der Waals surface area contributed by atoms with Gasteiger partial charge in [0.1, 0.15) is 11.9 Å². The van der Waals surface area contributed by atoms with E-state index in [4.69, 9.17) is 21.1 Å². The summed E-state index contributed by atoms with van der Waals surface area (Å²) in [6, 6.07) is 8.47. The molecule has 1 atom stereocenters. The zero-order chi connectivity index (χ0) is 23.1. The molecule has 6 nitrogen and oxygen atoms in total. The number of carbonyl (C=O) groups excluding carboxylic acids is 2. The molecule has 2 amide bonds. The van der Waals surface area contributed by atoms with Gasteiger partial charge in [-0.25, -0.2) is 0 Å². The van der Waals surface area contributed by atoms with Gasteiger partial charge in [-0.3, -0.25) is 9.59 Å². The molecule has 32 heavy (non-hydrogen) atoms. The van der Waals surface area contributed by atoms with E-state index in [1.54, 1.807) is 37.3 Å². The van der Waals surface area contributed by atoms with Crippen molar-refractivity contribution in [3.8, 4) is 11.5 Å². The van der Waals surface area contributed by atoms with E-state index in [0.29, 0.717) is 29.5 Å². The summed E-state index contributed by atoms with van der Waals surface area (Å²) in [5, 5.41) is 5.15. The highest BCUT2D eigenvalue weighted by Gasteiger charge is 2.33. The van der Waals surface area contributed by atoms with Crippen molar-refractivity contribution in [2.75, 3.05) is 20.1 Å². The maximum absolute atomic E-state index is 13.6. The highest BCUT2D eigenvalue weighted by Crippen LogP contribution is 2.34. The lowest BCUT2D eigenvalue weighted by Gasteiger charge is -2.34. The summed E-state index contributed by atoms with van der Waals surface area (Å²) in [6.45, 7) is 2.55. The van der Waals surface area contributed by atoms with Crippen molar-refractivity contribution in [2.45, 2.75) is 51.2 Å². The second-order valence-corrected chi connectivity index (χ2v) is 9.52. The lowest BCUT2D eigenvalue weighted by molar-refractivity contribution is -0.140. The van der Waals surface area contributed by atoms with E-state index in [9.17, 15) is 9.59 Å². The molecular weight excluding hydrogens is 448 g/mol. The van der Waals surface area contributed by atoms with Gasteiger partial charge in [0.05, 0.1) is 20.8 Å². The zero-order valence-corrected chi connectivity index (χ0v) is 20.4.